The SMILES string of the molecule is O.[C-]#N.[C-]#N.[C-]#N.[C-]#N.[C-]#N.[C-]#N.[Fe+2].[Mg+2].[Mg+2]. The smallest absolute Gasteiger partial charge is 0.512 e. The maximum atomic E-state index is 6.25. The standard InChI is InChI=1S/6CN.Fe.2Mg.H2O/c6*1-2;;;;/h;;;;;;;;;1H2/q6*-1;3*+2;. The Hall–Kier alpha value is -1.05. The molecule has 0 unspecified atom stereocenters. The van der Waals surface area contributed by atoms with Crippen LogP contribution in [0.4, 0.5) is 0 Å². The molecule has 0 radical (unpaired) electrons. The van der Waals surface area contributed by atoms with E-state index in [1.165, 1.54) is 0 Å². The monoisotopic (exact) mass is 278 g/mol. The van der Waals surface area contributed by atoms with Crippen molar-refractivity contribution in [2.75, 3.05) is 0 Å². The first-order valence-electron chi connectivity index (χ1n) is 1.34. The minimum Gasteiger partial charge on any atom is -0.512 e. The maximum Gasteiger partial charge on any atom is 2.00 e. The van der Waals surface area contributed by atoms with Gasteiger partial charge in [0.25, 0.3) is 0 Å². The minimum absolute atomic E-state index is 0. The van der Waals surface area contributed by atoms with Crippen LogP contribution < -0.4 is 0 Å². The Kier molecular flexibility index (Phi) is 15800. The summed E-state index contributed by atoms with van der Waals surface area (Å²) in [7, 11) is 0. The van der Waals surface area contributed by atoms with Crippen LogP contribution in [0.3, 0.4) is 0 Å². The van der Waals surface area contributed by atoms with Crippen LogP contribution in [0.1, 0.15) is 0 Å². The average Bonchev–Trinajstić information content (AvgIpc) is 2.33. The van der Waals surface area contributed by atoms with Crippen molar-refractivity contribution in [2.45, 2.75) is 0 Å². The van der Waals surface area contributed by atoms with Gasteiger partial charge in [-0.25, -0.2) is 0 Å². The molecule has 10 heteroatoms. The summed E-state index contributed by atoms with van der Waals surface area (Å²) < 4.78 is 0. The summed E-state index contributed by atoms with van der Waals surface area (Å²) in [5.41, 5.74) is 0. The second-order valence-corrected chi connectivity index (χ2v) is 0. The third-order valence-electron chi connectivity index (χ3n) is 0. The Balaban J connectivity index is -0.00000000321. The van der Waals surface area contributed by atoms with E-state index in [1.54, 1.807) is 0 Å². The maximum absolute atomic E-state index is 6.25. The van der Waals surface area contributed by atoms with Gasteiger partial charge in [0.15, 0.2) is 0 Å². The Morgan fingerprint density at radius 3 is 0.375 bits per heavy atom. The van der Waals surface area contributed by atoms with Crippen molar-refractivity contribution in [1.82, 2.24) is 0 Å². The summed E-state index contributed by atoms with van der Waals surface area (Å²) in [5.74, 6) is 0. The van der Waals surface area contributed by atoms with Crippen LogP contribution in [0.15, 0.2) is 0 Å². The third kappa shape index (κ3) is 1680. The van der Waals surface area contributed by atoms with Gasteiger partial charge in [-0.1, -0.05) is 0 Å². The summed E-state index contributed by atoms with van der Waals surface area (Å²) in [5, 5.41) is 37.5. The molecule has 0 atom stereocenters. The zero-order valence-corrected chi connectivity index (χ0v) is 11.9. The van der Waals surface area contributed by atoms with E-state index in [9.17, 15) is 0 Å². The number of hydrogen-bond acceptors (Lipinski definition) is 6. The van der Waals surface area contributed by atoms with Gasteiger partial charge >= 0.3 is 63.2 Å². The van der Waals surface area contributed by atoms with E-state index in [4.69, 9.17) is 71.0 Å². The van der Waals surface area contributed by atoms with E-state index in [0.717, 1.165) is 0 Å². The fourth-order valence-corrected chi connectivity index (χ4v) is 0. The molecule has 0 spiro atoms. The van der Waals surface area contributed by atoms with Crippen molar-refractivity contribution in [2.24, 2.45) is 0 Å². The molecule has 0 aliphatic heterocycles. The molecule has 0 aromatic carbocycles. The number of hydrogen-bond donors (Lipinski definition) is 0. The molecular weight excluding hydrogens is 277 g/mol. The molecule has 16 heavy (non-hydrogen) atoms. The minimum atomic E-state index is 0. The van der Waals surface area contributed by atoms with Gasteiger partial charge in [0, 0.05) is 0 Å². The Bertz CT molecular complexity index is 106. The third-order valence-corrected chi connectivity index (χ3v) is 0. The molecule has 7 nitrogen and oxygen atoms in total. The molecule has 0 fully saturated rings. The molecule has 0 bridgehead atoms. The molecule has 0 saturated carbocycles. The van der Waals surface area contributed by atoms with Gasteiger partial charge in [0.1, 0.15) is 0 Å². The quantitative estimate of drug-likeness (QED) is 0.405. The van der Waals surface area contributed by atoms with Gasteiger partial charge in [0.05, 0.1) is 0 Å². The predicted octanol–water partition coefficient (Wildman–Crippen LogP) is -1.01. The molecule has 0 aliphatic carbocycles. The zero-order valence-electron chi connectivity index (χ0n) is 7.95. The summed E-state index contributed by atoms with van der Waals surface area (Å²) in [6, 6.07) is 0. The van der Waals surface area contributed by atoms with E-state index >= 15 is 0 Å². The van der Waals surface area contributed by atoms with Gasteiger partial charge in [0.2, 0.25) is 0 Å². The van der Waals surface area contributed by atoms with Gasteiger partial charge in [-0.05, 0) is 0 Å². The Labute approximate surface area is 139 Å². The van der Waals surface area contributed by atoms with Crippen LogP contribution in [-0.2, 0) is 17.1 Å². The van der Waals surface area contributed by atoms with Crippen LogP contribution >= 0.6 is 0 Å². The molecule has 74 valence electrons. The van der Waals surface area contributed by atoms with Gasteiger partial charge in [-0.3, -0.25) is 0 Å². The first-order chi connectivity index (χ1) is 6.00. The topological polar surface area (TPSA) is 174 Å². The van der Waals surface area contributed by atoms with E-state index in [0.29, 0.717) is 0 Å². The molecule has 0 aliphatic rings. The molecule has 0 amide bonds. The fourth-order valence-electron chi connectivity index (χ4n) is 0. The molecule has 0 saturated heterocycles. The van der Waals surface area contributed by atoms with E-state index in [-0.39, 0.29) is 68.7 Å². The first-order valence-corrected chi connectivity index (χ1v) is 1.34. The van der Waals surface area contributed by atoms with E-state index < -0.39 is 0 Å². The molecule has 2 N–H and O–H groups in total. The predicted molar refractivity (Wildman–Crippen MR) is 44.9 cm³/mol. The molecule has 0 heterocycles. The van der Waals surface area contributed by atoms with Gasteiger partial charge in [-0.2, -0.15) is 0 Å². The average molecular weight is 279 g/mol. The van der Waals surface area contributed by atoms with E-state index in [1.807, 2.05) is 0 Å². The van der Waals surface area contributed by atoms with Crippen LogP contribution in [0, 0.1) is 71.0 Å². The van der Waals surface area contributed by atoms with Crippen LogP contribution in [0.5, 0.6) is 0 Å². The molecule has 0 aromatic rings. The first kappa shape index (κ1) is 119. The van der Waals surface area contributed by atoms with Crippen LogP contribution in [0.2, 0.25) is 0 Å². The normalized spacial score (nSPS) is 0.750. The summed E-state index contributed by atoms with van der Waals surface area (Å²) >= 11 is 0. The van der Waals surface area contributed by atoms with Crippen LogP contribution in [0.25, 0.3) is 0 Å². The van der Waals surface area contributed by atoms with Crippen molar-refractivity contribution in [3.8, 4) is 0 Å². The van der Waals surface area contributed by atoms with Crippen molar-refractivity contribution in [1.29, 1.82) is 31.6 Å². The van der Waals surface area contributed by atoms with Crippen LogP contribution in [-0.4, -0.2) is 51.6 Å². The Morgan fingerprint density at radius 2 is 0.375 bits per heavy atom. The molecular formula is C6H2FeMg2N6O. The number of nitrogens with zero attached hydrogens (tertiary/aromatic N) is 6. The summed E-state index contributed by atoms with van der Waals surface area (Å²) in [4.78, 5) is 0. The molecule has 0 rings (SSSR count). The molecule has 0 aromatic heterocycles. The van der Waals surface area contributed by atoms with Gasteiger partial charge in [-0.15, -0.1) is 0 Å². The number of rotatable bonds is 0. The van der Waals surface area contributed by atoms with Crippen molar-refractivity contribution in [3.05, 3.63) is 39.4 Å². The largest absolute Gasteiger partial charge is 2.00 e. The summed E-state index contributed by atoms with van der Waals surface area (Å²) in [6.45, 7) is 28.5. The summed E-state index contributed by atoms with van der Waals surface area (Å²) in [6.07, 6.45) is 0. The van der Waals surface area contributed by atoms with Crippen molar-refractivity contribution in [3.63, 3.8) is 0 Å². The Morgan fingerprint density at radius 1 is 0.375 bits per heavy atom. The fraction of sp³-hybridized carbons (Fsp3) is 0. The van der Waals surface area contributed by atoms with Crippen molar-refractivity contribution >= 4 is 46.1 Å². The zero-order chi connectivity index (χ0) is 12.0. The second-order valence-electron chi connectivity index (χ2n) is 0. The second kappa shape index (κ2) is 2130. The van der Waals surface area contributed by atoms with Crippen molar-refractivity contribution < 1.29 is 22.5 Å². The van der Waals surface area contributed by atoms with E-state index in [2.05, 4.69) is 0 Å². The van der Waals surface area contributed by atoms with Gasteiger partial charge < -0.3 is 76.5 Å².